The number of fused-ring (bicyclic) bond motifs is 1. The number of nitro groups is 1. The summed E-state index contributed by atoms with van der Waals surface area (Å²) in [6.45, 7) is 1.77. The molecule has 3 aromatic rings. The predicted molar refractivity (Wildman–Crippen MR) is 151 cm³/mol. The number of non-ortho nitro benzene ring substituents is 1. The van der Waals surface area contributed by atoms with Gasteiger partial charge in [0.15, 0.2) is 11.5 Å². The number of nitrogens with zero attached hydrogens (tertiary/aromatic N) is 2. The average molecular weight is 624 g/mol. The summed E-state index contributed by atoms with van der Waals surface area (Å²) in [5.74, 6) is -4.05. The molecule has 2 saturated heterocycles. The van der Waals surface area contributed by atoms with Crippen LogP contribution in [0.4, 0.5) is 11.4 Å². The molecule has 2 aliphatic rings. The number of ether oxygens (including phenoxy) is 2. The van der Waals surface area contributed by atoms with E-state index in [1.54, 1.807) is 43.3 Å². The highest BCUT2D eigenvalue weighted by Gasteiger charge is 2.68. The Bertz CT molecular complexity index is 1580. The second-order valence-corrected chi connectivity index (χ2v) is 10.9. The molecule has 3 aromatic carbocycles. The van der Waals surface area contributed by atoms with Crippen molar-refractivity contribution in [2.75, 3.05) is 19.1 Å². The number of benzene rings is 3. The molecular weight excluding hydrogens is 598 g/mol. The van der Waals surface area contributed by atoms with Crippen LogP contribution >= 0.6 is 15.9 Å². The van der Waals surface area contributed by atoms with Crippen LogP contribution in [0.3, 0.4) is 0 Å². The first-order chi connectivity index (χ1) is 19.5. The van der Waals surface area contributed by atoms with E-state index in [4.69, 9.17) is 9.47 Å². The molecule has 0 aliphatic carbocycles. The van der Waals surface area contributed by atoms with Gasteiger partial charge in [0.05, 0.1) is 41.1 Å². The minimum atomic E-state index is -1.91. The first kappa shape index (κ1) is 28.2. The first-order valence-corrected chi connectivity index (χ1v) is 13.4. The lowest BCUT2D eigenvalue weighted by molar-refractivity contribution is -0.384. The number of amides is 2. The van der Waals surface area contributed by atoms with Crippen LogP contribution in [0.1, 0.15) is 22.7 Å². The van der Waals surface area contributed by atoms with E-state index in [2.05, 4.69) is 21.2 Å². The summed E-state index contributed by atoms with van der Waals surface area (Å²) in [5, 5.41) is 25.0. The molecule has 0 aromatic heterocycles. The fraction of sp³-hybridized carbons (Fsp3) is 0.276. The third kappa shape index (κ3) is 4.52. The zero-order valence-electron chi connectivity index (χ0n) is 22.3. The number of nitro benzene ring substituents is 1. The van der Waals surface area contributed by atoms with Crippen molar-refractivity contribution in [2.45, 2.75) is 24.9 Å². The number of methoxy groups -OCH3 is 2. The molecule has 4 unspecified atom stereocenters. The van der Waals surface area contributed by atoms with Gasteiger partial charge in [0.2, 0.25) is 11.8 Å². The number of carboxylic acids is 1. The van der Waals surface area contributed by atoms with Crippen LogP contribution in [0.5, 0.6) is 11.5 Å². The minimum absolute atomic E-state index is 0.152. The molecule has 0 saturated carbocycles. The van der Waals surface area contributed by atoms with Gasteiger partial charge in [-0.25, -0.2) is 4.90 Å². The van der Waals surface area contributed by atoms with Gasteiger partial charge in [-0.2, -0.15) is 0 Å². The molecule has 41 heavy (non-hydrogen) atoms. The fourth-order valence-corrected chi connectivity index (χ4v) is 6.57. The van der Waals surface area contributed by atoms with Crippen molar-refractivity contribution in [2.24, 2.45) is 11.8 Å². The average Bonchev–Trinajstić information content (AvgIpc) is 3.42. The highest BCUT2D eigenvalue weighted by atomic mass is 79.9. The molecule has 0 bridgehead atoms. The quantitative estimate of drug-likeness (QED) is 0.214. The van der Waals surface area contributed by atoms with Gasteiger partial charge in [0.1, 0.15) is 5.54 Å². The third-order valence-corrected chi connectivity index (χ3v) is 8.43. The van der Waals surface area contributed by atoms with E-state index in [1.807, 2.05) is 0 Å². The number of imide groups is 1. The van der Waals surface area contributed by atoms with Crippen LogP contribution < -0.4 is 19.7 Å². The van der Waals surface area contributed by atoms with Gasteiger partial charge in [-0.1, -0.05) is 30.3 Å². The number of carbonyl (C=O) groups excluding carboxylic acids is 2. The van der Waals surface area contributed by atoms with Crippen molar-refractivity contribution in [3.63, 3.8) is 0 Å². The molecule has 0 spiro atoms. The molecule has 2 heterocycles. The van der Waals surface area contributed by atoms with Crippen molar-refractivity contribution in [1.29, 1.82) is 0 Å². The number of nitrogens with one attached hydrogen (secondary N) is 1. The summed E-state index contributed by atoms with van der Waals surface area (Å²) in [6.07, 6.45) is -0.201. The number of anilines is 1. The fourth-order valence-electron chi connectivity index (χ4n) is 5.95. The zero-order valence-corrected chi connectivity index (χ0v) is 23.9. The van der Waals surface area contributed by atoms with Gasteiger partial charge in [0, 0.05) is 24.6 Å². The lowest BCUT2D eigenvalue weighted by Gasteiger charge is -2.31. The van der Waals surface area contributed by atoms with Crippen LogP contribution in [-0.2, 0) is 20.8 Å². The molecular formula is C29H26BrN3O8. The zero-order chi connectivity index (χ0) is 29.6. The second-order valence-electron chi connectivity index (χ2n) is 10.0. The number of hydrogen-bond acceptors (Lipinski definition) is 8. The number of para-hydroxylation sites is 1. The van der Waals surface area contributed by atoms with Gasteiger partial charge in [0.25, 0.3) is 5.69 Å². The van der Waals surface area contributed by atoms with Crippen LogP contribution in [0.25, 0.3) is 0 Å². The lowest BCUT2D eigenvalue weighted by atomic mass is 9.76. The molecule has 2 amide bonds. The maximum atomic E-state index is 14.1. The summed E-state index contributed by atoms with van der Waals surface area (Å²) in [6, 6.07) is 14.8. The van der Waals surface area contributed by atoms with Crippen molar-refractivity contribution in [1.82, 2.24) is 5.32 Å². The topological polar surface area (TPSA) is 148 Å². The molecule has 0 radical (unpaired) electrons. The Hall–Kier alpha value is -4.29. The highest BCUT2D eigenvalue weighted by Crippen LogP contribution is 2.52. The van der Waals surface area contributed by atoms with Crippen molar-refractivity contribution in [3.8, 4) is 11.5 Å². The van der Waals surface area contributed by atoms with Gasteiger partial charge < -0.3 is 14.6 Å². The van der Waals surface area contributed by atoms with Gasteiger partial charge in [-0.15, -0.1) is 0 Å². The Morgan fingerprint density at radius 1 is 1.10 bits per heavy atom. The summed E-state index contributed by atoms with van der Waals surface area (Å²) in [4.78, 5) is 53.1. The number of carbonyl (C=O) groups is 3. The largest absolute Gasteiger partial charge is 0.493 e. The Labute approximate surface area is 243 Å². The number of carboxylic acid groups (broad SMARTS) is 1. The minimum Gasteiger partial charge on any atom is -0.493 e. The SMILES string of the molecule is COc1cc(C2NC(Cc3ccc([N+](=O)[O-])cc3)(C(=O)O)C3C(=O)N(c4ccccc4C)C(=O)C23)cc(Br)c1OC. The van der Waals surface area contributed by atoms with Gasteiger partial charge in [-0.05, 0) is 57.7 Å². The van der Waals surface area contributed by atoms with Crippen molar-refractivity contribution < 1.29 is 33.9 Å². The van der Waals surface area contributed by atoms with Crippen LogP contribution in [0, 0.1) is 28.9 Å². The smallest absolute Gasteiger partial charge is 0.325 e. The summed E-state index contributed by atoms with van der Waals surface area (Å²) in [5.41, 5.74) is -0.0176. The molecule has 11 nitrogen and oxygen atoms in total. The summed E-state index contributed by atoms with van der Waals surface area (Å²) in [7, 11) is 2.93. The van der Waals surface area contributed by atoms with Gasteiger partial charge in [-0.3, -0.25) is 29.8 Å². The normalized spacial score (nSPS) is 23.4. The number of aliphatic carboxylic acids is 1. The molecule has 2 aliphatic heterocycles. The monoisotopic (exact) mass is 623 g/mol. The summed E-state index contributed by atoms with van der Waals surface area (Å²) < 4.78 is 11.4. The Kier molecular flexibility index (Phi) is 7.30. The number of hydrogen-bond donors (Lipinski definition) is 2. The van der Waals surface area contributed by atoms with Crippen LogP contribution in [-0.4, -0.2) is 47.6 Å². The van der Waals surface area contributed by atoms with Crippen molar-refractivity contribution in [3.05, 3.63) is 91.9 Å². The summed E-state index contributed by atoms with van der Waals surface area (Å²) >= 11 is 3.47. The third-order valence-electron chi connectivity index (χ3n) is 7.84. The molecule has 4 atom stereocenters. The van der Waals surface area contributed by atoms with E-state index in [-0.39, 0.29) is 12.1 Å². The number of rotatable bonds is 8. The standard InChI is InChI=1S/C29H26BrN3O8/c1-15-6-4-5-7-20(15)32-26(34)22-23(27(32)35)29(28(36)37,14-16-8-10-18(11-9-16)33(38)39)31-24(22)17-12-19(30)25(41-3)21(13-17)40-2/h4-13,22-24,31H,14H2,1-3H3,(H,36,37). The molecule has 212 valence electrons. The van der Waals surface area contributed by atoms with Crippen molar-refractivity contribution >= 4 is 45.1 Å². The van der Waals surface area contributed by atoms with Crippen LogP contribution in [0.2, 0.25) is 0 Å². The first-order valence-electron chi connectivity index (χ1n) is 12.6. The Morgan fingerprint density at radius 2 is 1.78 bits per heavy atom. The van der Waals surface area contributed by atoms with E-state index >= 15 is 0 Å². The van der Waals surface area contributed by atoms with E-state index in [0.717, 1.165) is 4.90 Å². The molecule has 5 rings (SSSR count). The maximum Gasteiger partial charge on any atom is 0.325 e. The van der Waals surface area contributed by atoms with E-state index in [0.29, 0.717) is 38.3 Å². The maximum absolute atomic E-state index is 14.1. The highest BCUT2D eigenvalue weighted by molar-refractivity contribution is 9.10. The van der Waals surface area contributed by atoms with Gasteiger partial charge >= 0.3 is 5.97 Å². The van der Waals surface area contributed by atoms with E-state index in [9.17, 15) is 29.6 Å². The number of halogens is 1. The van der Waals surface area contributed by atoms with Crippen LogP contribution in [0.15, 0.2) is 65.1 Å². The lowest BCUT2D eigenvalue weighted by Crippen LogP contribution is -2.57. The molecule has 12 heteroatoms. The predicted octanol–water partition coefficient (Wildman–Crippen LogP) is 4.20. The molecule has 2 fully saturated rings. The van der Waals surface area contributed by atoms with E-state index < -0.39 is 46.1 Å². The van der Waals surface area contributed by atoms with E-state index in [1.165, 1.54) is 38.5 Å². The second kappa shape index (κ2) is 10.6. The molecule has 2 N–H and O–H groups in total. The number of aryl methyl sites for hydroxylation is 1. The Balaban J connectivity index is 1.68. The Morgan fingerprint density at radius 3 is 2.37 bits per heavy atom.